The Bertz CT molecular complexity index is 473. The van der Waals surface area contributed by atoms with Crippen molar-refractivity contribution in [3.05, 3.63) is 35.4 Å². The quantitative estimate of drug-likeness (QED) is 0.688. The van der Waals surface area contributed by atoms with E-state index in [1.807, 2.05) is 17.0 Å². The summed E-state index contributed by atoms with van der Waals surface area (Å²) in [4.78, 5) is 25.1. The highest BCUT2D eigenvalue weighted by Crippen LogP contribution is 2.10. The smallest absolute Gasteiger partial charge is 0.337 e. The van der Waals surface area contributed by atoms with Gasteiger partial charge in [-0.15, -0.1) is 0 Å². The second-order valence-corrected chi connectivity index (χ2v) is 4.71. The summed E-state index contributed by atoms with van der Waals surface area (Å²) in [5.41, 5.74) is 1.48. The zero-order chi connectivity index (χ0) is 15.7. The maximum atomic E-state index is 11.6. The normalized spacial score (nSPS) is 10.5. The lowest BCUT2D eigenvalue weighted by molar-refractivity contribution is -0.144. The number of rotatable bonds is 8. The summed E-state index contributed by atoms with van der Waals surface area (Å²) in [7, 11) is 1.36. The second kappa shape index (κ2) is 9.13. The molecule has 0 saturated carbocycles. The van der Waals surface area contributed by atoms with E-state index in [1.54, 1.807) is 19.1 Å². The first-order chi connectivity index (χ1) is 10.1. The molecule has 0 aliphatic carbocycles. The third kappa shape index (κ3) is 5.95. The van der Waals surface area contributed by atoms with E-state index in [4.69, 9.17) is 9.47 Å². The van der Waals surface area contributed by atoms with E-state index in [-0.39, 0.29) is 18.5 Å². The minimum absolute atomic E-state index is 0.227. The fourth-order valence-corrected chi connectivity index (χ4v) is 2.09. The molecule has 0 aliphatic rings. The molecular weight excluding hydrogens is 270 g/mol. The molecular formula is C16H23NO4. The lowest BCUT2D eigenvalue weighted by atomic mass is 10.1. The monoisotopic (exact) mass is 293 g/mol. The van der Waals surface area contributed by atoms with Gasteiger partial charge in [-0.2, -0.15) is 0 Å². The molecule has 1 aromatic rings. The van der Waals surface area contributed by atoms with Crippen molar-refractivity contribution in [3.8, 4) is 0 Å². The van der Waals surface area contributed by atoms with Crippen molar-refractivity contribution >= 4 is 11.9 Å². The van der Waals surface area contributed by atoms with Gasteiger partial charge in [-0.3, -0.25) is 9.69 Å². The topological polar surface area (TPSA) is 55.8 Å². The SMILES string of the molecule is CCCN(CC(=O)OCC)Cc1cccc(C(=O)OC)c1. The van der Waals surface area contributed by atoms with Crippen molar-refractivity contribution in [1.29, 1.82) is 0 Å². The molecule has 0 bridgehead atoms. The summed E-state index contributed by atoms with van der Waals surface area (Å²) >= 11 is 0. The zero-order valence-electron chi connectivity index (χ0n) is 12.9. The molecule has 21 heavy (non-hydrogen) atoms. The van der Waals surface area contributed by atoms with Crippen LogP contribution < -0.4 is 0 Å². The molecule has 0 heterocycles. The van der Waals surface area contributed by atoms with Gasteiger partial charge in [0.2, 0.25) is 0 Å². The van der Waals surface area contributed by atoms with Gasteiger partial charge in [0.05, 0.1) is 25.8 Å². The molecule has 1 rings (SSSR count). The van der Waals surface area contributed by atoms with Gasteiger partial charge in [0.15, 0.2) is 0 Å². The molecule has 0 radical (unpaired) electrons. The van der Waals surface area contributed by atoms with E-state index >= 15 is 0 Å². The molecule has 116 valence electrons. The largest absolute Gasteiger partial charge is 0.465 e. The second-order valence-electron chi connectivity index (χ2n) is 4.71. The van der Waals surface area contributed by atoms with Gasteiger partial charge in [-0.05, 0) is 37.6 Å². The zero-order valence-corrected chi connectivity index (χ0v) is 12.9. The molecule has 0 N–H and O–H groups in total. The van der Waals surface area contributed by atoms with E-state index in [2.05, 4.69) is 6.92 Å². The average Bonchev–Trinajstić information content (AvgIpc) is 2.47. The first kappa shape index (κ1) is 17.2. The Morgan fingerprint density at radius 1 is 1.24 bits per heavy atom. The van der Waals surface area contributed by atoms with Crippen LogP contribution in [0.5, 0.6) is 0 Å². The first-order valence-electron chi connectivity index (χ1n) is 7.15. The van der Waals surface area contributed by atoms with E-state index in [9.17, 15) is 9.59 Å². The molecule has 0 aromatic heterocycles. The van der Waals surface area contributed by atoms with Crippen molar-refractivity contribution in [3.63, 3.8) is 0 Å². The number of nitrogens with zero attached hydrogens (tertiary/aromatic N) is 1. The maximum Gasteiger partial charge on any atom is 0.337 e. The number of hydrogen-bond donors (Lipinski definition) is 0. The van der Waals surface area contributed by atoms with E-state index in [0.717, 1.165) is 18.5 Å². The van der Waals surface area contributed by atoms with Gasteiger partial charge < -0.3 is 9.47 Å². The summed E-state index contributed by atoms with van der Waals surface area (Å²) in [6, 6.07) is 7.25. The van der Waals surface area contributed by atoms with Crippen molar-refractivity contribution in [1.82, 2.24) is 4.90 Å². The van der Waals surface area contributed by atoms with E-state index < -0.39 is 0 Å². The molecule has 5 nitrogen and oxygen atoms in total. The van der Waals surface area contributed by atoms with Gasteiger partial charge in [-0.1, -0.05) is 19.1 Å². The molecule has 0 aliphatic heterocycles. The fraction of sp³-hybridized carbons (Fsp3) is 0.500. The number of hydrogen-bond acceptors (Lipinski definition) is 5. The molecule has 0 saturated heterocycles. The molecule has 0 unspecified atom stereocenters. The average molecular weight is 293 g/mol. The number of carbonyl (C=O) groups is 2. The highest BCUT2D eigenvalue weighted by Gasteiger charge is 2.12. The molecule has 0 atom stereocenters. The number of carbonyl (C=O) groups excluding carboxylic acids is 2. The Hall–Kier alpha value is -1.88. The lowest BCUT2D eigenvalue weighted by Gasteiger charge is -2.20. The van der Waals surface area contributed by atoms with Crippen molar-refractivity contribution in [2.45, 2.75) is 26.8 Å². The van der Waals surface area contributed by atoms with Crippen LogP contribution in [0.15, 0.2) is 24.3 Å². The van der Waals surface area contributed by atoms with Crippen LogP contribution in [-0.4, -0.2) is 43.6 Å². The summed E-state index contributed by atoms with van der Waals surface area (Å²) in [5.74, 6) is -0.584. The predicted molar refractivity (Wildman–Crippen MR) is 80.0 cm³/mol. The standard InChI is InChI=1S/C16H23NO4/c1-4-9-17(12-15(18)21-5-2)11-13-7-6-8-14(10-13)16(19)20-3/h6-8,10H,4-5,9,11-12H2,1-3H3. The lowest BCUT2D eigenvalue weighted by Crippen LogP contribution is -2.31. The molecule has 0 fully saturated rings. The minimum Gasteiger partial charge on any atom is -0.465 e. The Labute approximate surface area is 125 Å². The maximum absolute atomic E-state index is 11.6. The van der Waals surface area contributed by atoms with Crippen LogP contribution in [0, 0.1) is 0 Å². The Balaban J connectivity index is 2.74. The third-order valence-corrected chi connectivity index (χ3v) is 2.95. The van der Waals surface area contributed by atoms with Gasteiger partial charge >= 0.3 is 11.9 Å². The van der Waals surface area contributed by atoms with Crippen molar-refractivity contribution < 1.29 is 19.1 Å². The van der Waals surface area contributed by atoms with Gasteiger partial charge in [0, 0.05) is 6.54 Å². The summed E-state index contributed by atoms with van der Waals surface area (Å²) < 4.78 is 9.69. The van der Waals surface area contributed by atoms with Crippen molar-refractivity contribution in [2.24, 2.45) is 0 Å². The highest BCUT2D eigenvalue weighted by molar-refractivity contribution is 5.89. The summed E-state index contributed by atoms with van der Waals surface area (Å²) in [6.07, 6.45) is 0.941. The van der Waals surface area contributed by atoms with E-state index in [1.165, 1.54) is 7.11 Å². The van der Waals surface area contributed by atoms with Crippen LogP contribution in [0.2, 0.25) is 0 Å². The van der Waals surface area contributed by atoms with Crippen LogP contribution in [0.1, 0.15) is 36.2 Å². The Morgan fingerprint density at radius 3 is 2.62 bits per heavy atom. The number of benzene rings is 1. The van der Waals surface area contributed by atoms with Gasteiger partial charge in [-0.25, -0.2) is 4.79 Å². The fourth-order valence-electron chi connectivity index (χ4n) is 2.09. The minimum atomic E-state index is -0.357. The highest BCUT2D eigenvalue weighted by atomic mass is 16.5. The number of ether oxygens (including phenoxy) is 2. The van der Waals surface area contributed by atoms with Crippen LogP contribution in [0.4, 0.5) is 0 Å². The molecule has 0 spiro atoms. The predicted octanol–water partition coefficient (Wildman–Crippen LogP) is 2.25. The van der Waals surface area contributed by atoms with E-state index in [0.29, 0.717) is 18.7 Å². The van der Waals surface area contributed by atoms with Crippen LogP contribution in [-0.2, 0) is 20.8 Å². The van der Waals surface area contributed by atoms with Crippen LogP contribution >= 0.6 is 0 Å². The first-order valence-corrected chi connectivity index (χ1v) is 7.15. The Morgan fingerprint density at radius 2 is 2.00 bits per heavy atom. The summed E-state index contributed by atoms with van der Waals surface area (Å²) in [6.45, 7) is 5.88. The third-order valence-electron chi connectivity index (χ3n) is 2.95. The number of esters is 2. The van der Waals surface area contributed by atoms with Crippen LogP contribution in [0.25, 0.3) is 0 Å². The summed E-state index contributed by atoms with van der Waals surface area (Å²) in [5, 5.41) is 0. The van der Waals surface area contributed by atoms with Crippen LogP contribution in [0.3, 0.4) is 0 Å². The van der Waals surface area contributed by atoms with Crippen molar-refractivity contribution in [2.75, 3.05) is 26.8 Å². The number of methoxy groups -OCH3 is 1. The molecule has 5 heteroatoms. The molecule has 0 amide bonds. The molecule has 1 aromatic carbocycles. The van der Waals surface area contributed by atoms with Gasteiger partial charge in [0.25, 0.3) is 0 Å². The Kier molecular flexibility index (Phi) is 7.46. The van der Waals surface area contributed by atoms with Gasteiger partial charge in [0.1, 0.15) is 0 Å².